The molecule has 0 atom stereocenters. The van der Waals surface area contributed by atoms with E-state index in [0.717, 1.165) is 4.47 Å². The molecule has 0 bridgehead atoms. The zero-order valence-corrected chi connectivity index (χ0v) is 12.8. The molecule has 0 saturated heterocycles. The second-order valence-corrected chi connectivity index (χ2v) is 5.39. The van der Waals surface area contributed by atoms with Crippen molar-refractivity contribution in [1.82, 2.24) is 4.98 Å². The SMILES string of the molecule is ClCc1nc(Oc2cc(Br)ccc2Cl)ccc1Cl. The molecule has 1 aromatic heterocycles. The van der Waals surface area contributed by atoms with E-state index < -0.39 is 0 Å². The lowest BCUT2D eigenvalue weighted by Crippen LogP contribution is -1.93. The van der Waals surface area contributed by atoms with E-state index in [4.69, 9.17) is 39.5 Å². The van der Waals surface area contributed by atoms with Crippen LogP contribution in [0, 0.1) is 0 Å². The normalized spacial score (nSPS) is 10.4. The summed E-state index contributed by atoms with van der Waals surface area (Å²) in [7, 11) is 0. The van der Waals surface area contributed by atoms with Crippen LogP contribution in [0.15, 0.2) is 34.8 Å². The van der Waals surface area contributed by atoms with Crippen LogP contribution in [-0.4, -0.2) is 4.98 Å². The number of halogens is 4. The van der Waals surface area contributed by atoms with Gasteiger partial charge in [0.05, 0.1) is 21.6 Å². The zero-order chi connectivity index (χ0) is 13.1. The smallest absolute Gasteiger partial charge is 0.219 e. The molecule has 0 spiro atoms. The molecular weight excluding hydrogens is 360 g/mol. The molecule has 2 nitrogen and oxygen atoms in total. The largest absolute Gasteiger partial charge is 0.437 e. The fourth-order valence-corrected chi connectivity index (χ4v) is 2.22. The van der Waals surface area contributed by atoms with Crippen molar-refractivity contribution in [3.05, 3.63) is 50.5 Å². The fourth-order valence-electron chi connectivity index (χ4n) is 1.28. The second kappa shape index (κ2) is 6.11. The van der Waals surface area contributed by atoms with E-state index >= 15 is 0 Å². The highest BCUT2D eigenvalue weighted by Crippen LogP contribution is 2.32. The van der Waals surface area contributed by atoms with Gasteiger partial charge in [-0.05, 0) is 24.3 Å². The summed E-state index contributed by atoms with van der Waals surface area (Å²) in [6, 6.07) is 8.68. The van der Waals surface area contributed by atoms with Crippen molar-refractivity contribution in [3.63, 3.8) is 0 Å². The summed E-state index contributed by atoms with van der Waals surface area (Å²) in [5.74, 6) is 1.14. The number of pyridine rings is 1. The Morgan fingerprint density at radius 3 is 2.56 bits per heavy atom. The van der Waals surface area contributed by atoms with Gasteiger partial charge < -0.3 is 4.74 Å². The lowest BCUT2D eigenvalue weighted by molar-refractivity contribution is 0.461. The van der Waals surface area contributed by atoms with Crippen LogP contribution in [0.5, 0.6) is 11.6 Å². The number of aromatic nitrogens is 1. The molecule has 0 N–H and O–H groups in total. The Bertz CT molecular complexity index is 577. The molecule has 94 valence electrons. The first kappa shape index (κ1) is 13.9. The van der Waals surface area contributed by atoms with Gasteiger partial charge in [-0.1, -0.05) is 39.1 Å². The highest BCUT2D eigenvalue weighted by atomic mass is 79.9. The molecule has 0 amide bonds. The van der Waals surface area contributed by atoms with E-state index in [-0.39, 0.29) is 5.88 Å². The van der Waals surface area contributed by atoms with Gasteiger partial charge in [0, 0.05) is 10.5 Å². The standard InChI is InChI=1S/C12H7BrCl3NO/c13-7-1-2-9(16)11(5-7)18-12-4-3-8(15)10(6-14)17-12/h1-5H,6H2. The fraction of sp³-hybridized carbons (Fsp3) is 0.0833. The Morgan fingerprint density at radius 2 is 1.83 bits per heavy atom. The molecule has 0 saturated carbocycles. The summed E-state index contributed by atoms with van der Waals surface area (Å²) in [5, 5.41) is 1.01. The Labute approximate surface area is 128 Å². The van der Waals surface area contributed by atoms with Crippen molar-refractivity contribution < 1.29 is 4.74 Å². The van der Waals surface area contributed by atoms with Crippen molar-refractivity contribution in [2.45, 2.75) is 5.88 Å². The van der Waals surface area contributed by atoms with Crippen LogP contribution in [0.4, 0.5) is 0 Å². The van der Waals surface area contributed by atoms with Gasteiger partial charge in [0.25, 0.3) is 0 Å². The number of hydrogen-bond donors (Lipinski definition) is 0. The summed E-state index contributed by atoms with van der Waals surface area (Å²) >= 11 is 21.0. The first-order valence-electron chi connectivity index (χ1n) is 4.94. The van der Waals surface area contributed by atoms with E-state index in [2.05, 4.69) is 20.9 Å². The van der Waals surface area contributed by atoms with Crippen LogP contribution >= 0.6 is 50.7 Å². The van der Waals surface area contributed by atoms with Gasteiger partial charge in [0.15, 0.2) is 0 Å². The predicted octanol–water partition coefficient (Wildman–Crippen LogP) is 5.68. The molecule has 1 heterocycles. The molecule has 2 rings (SSSR count). The van der Waals surface area contributed by atoms with E-state index in [1.807, 2.05) is 6.07 Å². The number of hydrogen-bond acceptors (Lipinski definition) is 2. The zero-order valence-electron chi connectivity index (χ0n) is 8.96. The topological polar surface area (TPSA) is 22.1 Å². The third-order valence-corrected chi connectivity index (χ3v) is 3.53. The average molecular weight is 367 g/mol. The minimum atomic E-state index is 0.224. The van der Waals surface area contributed by atoms with Gasteiger partial charge in [0.2, 0.25) is 5.88 Å². The number of nitrogens with zero attached hydrogens (tertiary/aromatic N) is 1. The number of alkyl halides is 1. The van der Waals surface area contributed by atoms with Crippen molar-refractivity contribution >= 4 is 50.7 Å². The van der Waals surface area contributed by atoms with Gasteiger partial charge in [-0.3, -0.25) is 0 Å². The summed E-state index contributed by atoms with van der Waals surface area (Å²) in [6.45, 7) is 0. The highest BCUT2D eigenvalue weighted by Gasteiger charge is 2.07. The molecule has 2 aromatic rings. The van der Waals surface area contributed by atoms with E-state index in [1.165, 1.54) is 0 Å². The Kier molecular flexibility index (Phi) is 4.73. The maximum Gasteiger partial charge on any atom is 0.219 e. The molecule has 6 heteroatoms. The summed E-state index contributed by atoms with van der Waals surface area (Å²) in [6.07, 6.45) is 0. The molecule has 0 aliphatic rings. The molecular formula is C12H7BrCl3NO. The summed E-state index contributed by atoms with van der Waals surface area (Å²) in [4.78, 5) is 4.20. The van der Waals surface area contributed by atoms with Crippen LogP contribution in [0.3, 0.4) is 0 Å². The minimum Gasteiger partial charge on any atom is -0.437 e. The van der Waals surface area contributed by atoms with Gasteiger partial charge in [-0.15, -0.1) is 11.6 Å². The van der Waals surface area contributed by atoms with Crippen LogP contribution < -0.4 is 4.74 Å². The number of benzene rings is 1. The van der Waals surface area contributed by atoms with Crippen molar-refractivity contribution in [2.75, 3.05) is 0 Å². The Morgan fingerprint density at radius 1 is 1.11 bits per heavy atom. The predicted molar refractivity (Wildman–Crippen MR) is 78.0 cm³/mol. The van der Waals surface area contributed by atoms with Crippen molar-refractivity contribution in [2.24, 2.45) is 0 Å². The molecule has 0 radical (unpaired) electrons. The lowest BCUT2D eigenvalue weighted by Gasteiger charge is -2.08. The van der Waals surface area contributed by atoms with Crippen LogP contribution in [0.25, 0.3) is 0 Å². The maximum absolute atomic E-state index is 6.03. The first-order chi connectivity index (χ1) is 8.60. The third kappa shape index (κ3) is 3.29. The molecule has 18 heavy (non-hydrogen) atoms. The molecule has 0 aliphatic heterocycles. The van der Waals surface area contributed by atoms with E-state index in [9.17, 15) is 0 Å². The maximum atomic E-state index is 6.03. The van der Waals surface area contributed by atoms with Crippen LogP contribution in [0.2, 0.25) is 10.0 Å². The molecule has 0 fully saturated rings. The monoisotopic (exact) mass is 365 g/mol. The number of ether oxygens (including phenoxy) is 1. The Hall–Kier alpha value is -0.480. The lowest BCUT2D eigenvalue weighted by atomic mass is 10.3. The third-order valence-electron chi connectivity index (χ3n) is 2.13. The van der Waals surface area contributed by atoms with Gasteiger partial charge in [-0.25, -0.2) is 4.98 Å². The minimum absolute atomic E-state index is 0.224. The first-order valence-corrected chi connectivity index (χ1v) is 7.03. The quantitative estimate of drug-likeness (QED) is 0.651. The summed E-state index contributed by atoms with van der Waals surface area (Å²) in [5.41, 5.74) is 0.571. The van der Waals surface area contributed by atoms with Gasteiger partial charge in [-0.2, -0.15) is 0 Å². The molecule has 0 unspecified atom stereocenters. The van der Waals surface area contributed by atoms with Crippen molar-refractivity contribution in [3.8, 4) is 11.6 Å². The van der Waals surface area contributed by atoms with E-state index in [0.29, 0.717) is 27.4 Å². The second-order valence-electron chi connectivity index (χ2n) is 3.39. The molecule has 0 aliphatic carbocycles. The van der Waals surface area contributed by atoms with E-state index in [1.54, 1.807) is 24.3 Å². The summed E-state index contributed by atoms with van der Waals surface area (Å²) < 4.78 is 6.47. The molecule has 1 aromatic carbocycles. The van der Waals surface area contributed by atoms with Gasteiger partial charge >= 0.3 is 0 Å². The van der Waals surface area contributed by atoms with Crippen LogP contribution in [-0.2, 0) is 5.88 Å². The van der Waals surface area contributed by atoms with Gasteiger partial charge in [0.1, 0.15) is 5.75 Å². The van der Waals surface area contributed by atoms with Crippen molar-refractivity contribution in [1.29, 1.82) is 0 Å². The van der Waals surface area contributed by atoms with Crippen LogP contribution in [0.1, 0.15) is 5.69 Å². The Balaban J connectivity index is 2.31. The average Bonchev–Trinajstić information content (AvgIpc) is 2.36. The number of rotatable bonds is 3. The highest BCUT2D eigenvalue weighted by molar-refractivity contribution is 9.10.